The van der Waals surface area contributed by atoms with Crippen LogP contribution in [0.3, 0.4) is 0 Å². The molecule has 0 bridgehead atoms. The highest BCUT2D eigenvalue weighted by atomic mass is 79.9. The zero-order valence-corrected chi connectivity index (χ0v) is 17.3. The van der Waals surface area contributed by atoms with Crippen LogP contribution < -0.4 is 10.1 Å². The second-order valence-electron chi connectivity index (χ2n) is 6.38. The van der Waals surface area contributed by atoms with Gasteiger partial charge in [0.2, 0.25) is 15.9 Å². The SMILES string of the molecule is COc1cccc(NC(=O)[C@H]2CCCN(S(=O)(=O)c3ccc(Br)cc3)C2)c1. The number of nitrogens with one attached hydrogen (secondary N) is 1. The van der Waals surface area contributed by atoms with E-state index in [0.29, 0.717) is 30.8 Å². The maximum absolute atomic E-state index is 12.9. The summed E-state index contributed by atoms with van der Waals surface area (Å²) in [7, 11) is -2.05. The van der Waals surface area contributed by atoms with Crippen molar-refractivity contribution in [3.05, 3.63) is 53.0 Å². The van der Waals surface area contributed by atoms with Crippen molar-refractivity contribution < 1.29 is 17.9 Å². The standard InChI is InChI=1S/C19H21BrN2O4S/c1-26-17-6-2-5-16(12-17)21-19(23)14-4-3-11-22(13-14)27(24,25)18-9-7-15(20)8-10-18/h2,5-10,12,14H,3-4,11,13H2,1H3,(H,21,23)/t14-/m0/s1. The van der Waals surface area contributed by atoms with Gasteiger partial charge in [-0.1, -0.05) is 22.0 Å². The van der Waals surface area contributed by atoms with E-state index in [0.717, 1.165) is 4.47 Å². The topological polar surface area (TPSA) is 75.7 Å². The van der Waals surface area contributed by atoms with E-state index in [2.05, 4.69) is 21.2 Å². The minimum Gasteiger partial charge on any atom is -0.497 e. The van der Waals surface area contributed by atoms with Crippen LogP contribution in [0.4, 0.5) is 5.69 Å². The molecule has 27 heavy (non-hydrogen) atoms. The molecule has 8 heteroatoms. The fraction of sp³-hybridized carbons (Fsp3) is 0.316. The summed E-state index contributed by atoms with van der Waals surface area (Å²) in [5.41, 5.74) is 0.632. The third-order valence-electron chi connectivity index (χ3n) is 4.54. The third-order valence-corrected chi connectivity index (χ3v) is 6.95. The molecule has 1 aliphatic heterocycles. The molecular formula is C19H21BrN2O4S. The molecule has 2 aromatic rings. The van der Waals surface area contributed by atoms with E-state index in [1.54, 1.807) is 55.6 Å². The van der Waals surface area contributed by atoms with Gasteiger partial charge in [-0.15, -0.1) is 0 Å². The van der Waals surface area contributed by atoms with Gasteiger partial charge >= 0.3 is 0 Å². The summed E-state index contributed by atoms with van der Waals surface area (Å²) in [4.78, 5) is 12.9. The Bertz CT molecular complexity index is 916. The summed E-state index contributed by atoms with van der Waals surface area (Å²) < 4.78 is 33.1. The maximum atomic E-state index is 12.9. The Balaban J connectivity index is 1.71. The summed E-state index contributed by atoms with van der Waals surface area (Å²) in [6, 6.07) is 13.6. The minimum atomic E-state index is -3.62. The fourth-order valence-electron chi connectivity index (χ4n) is 3.08. The van der Waals surface area contributed by atoms with Crippen LogP contribution in [0, 0.1) is 5.92 Å². The van der Waals surface area contributed by atoms with Gasteiger partial charge in [-0.05, 0) is 49.2 Å². The lowest BCUT2D eigenvalue weighted by atomic mass is 9.98. The van der Waals surface area contributed by atoms with E-state index < -0.39 is 15.9 Å². The molecule has 1 heterocycles. The molecule has 1 saturated heterocycles. The Morgan fingerprint density at radius 1 is 1.22 bits per heavy atom. The Morgan fingerprint density at radius 2 is 1.96 bits per heavy atom. The van der Waals surface area contributed by atoms with Crippen molar-refractivity contribution in [2.24, 2.45) is 5.92 Å². The minimum absolute atomic E-state index is 0.175. The number of benzene rings is 2. The second kappa shape index (κ2) is 8.41. The van der Waals surface area contributed by atoms with E-state index in [-0.39, 0.29) is 17.3 Å². The van der Waals surface area contributed by atoms with Crippen molar-refractivity contribution in [3.63, 3.8) is 0 Å². The first-order valence-corrected chi connectivity index (χ1v) is 10.8. The normalized spacial score (nSPS) is 18.1. The van der Waals surface area contributed by atoms with Gasteiger partial charge in [-0.3, -0.25) is 4.79 Å². The number of nitrogens with zero attached hydrogens (tertiary/aromatic N) is 1. The lowest BCUT2D eigenvalue weighted by molar-refractivity contribution is -0.120. The Labute approximate surface area is 167 Å². The molecule has 0 unspecified atom stereocenters. The smallest absolute Gasteiger partial charge is 0.243 e. The van der Waals surface area contributed by atoms with Crippen LogP contribution in [-0.4, -0.2) is 38.8 Å². The molecule has 2 aromatic carbocycles. The summed E-state index contributed by atoms with van der Waals surface area (Å²) in [5.74, 6) is 0.0741. The zero-order valence-electron chi connectivity index (χ0n) is 14.9. The van der Waals surface area contributed by atoms with Gasteiger partial charge in [0.15, 0.2) is 0 Å². The van der Waals surface area contributed by atoms with E-state index in [1.165, 1.54) is 4.31 Å². The average molecular weight is 453 g/mol. The van der Waals surface area contributed by atoms with Crippen LogP contribution in [0.1, 0.15) is 12.8 Å². The maximum Gasteiger partial charge on any atom is 0.243 e. The number of rotatable bonds is 5. The monoisotopic (exact) mass is 452 g/mol. The van der Waals surface area contributed by atoms with E-state index >= 15 is 0 Å². The van der Waals surface area contributed by atoms with Crippen molar-refractivity contribution in [1.29, 1.82) is 0 Å². The molecule has 1 N–H and O–H groups in total. The number of methoxy groups -OCH3 is 1. The van der Waals surface area contributed by atoms with E-state index in [1.807, 2.05) is 0 Å². The van der Waals surface area contributed by atoms with Gasteiger partial charge < -0.3 is 10.1 Å². The lowest BCUT2D eigenvalue weighted by Crippen LogP contribution is -2.43. The van der Waals surface area contributed by atoms with Crippen LogP contribution in [0.15, 0.2) is 57.9 Å². The van der Waals surface area contributed by atoms with Gasteiger partial charge in [-0.25, -0.2) is 8.42 Å². The first-order chi connectivity index (χ1) is 12.9. The zero-order chi connectivity index (χ0) is 19.4. The summed E-state index contributed by atoms with van der Waals surface area (Å²) in [6.45, 7) is 0.593. The Morgan fingerprint density at radius 3 is 2.67 bits per heavy atom. The molecule has 1 atom stereocenters. The average Bonchev–Trinajstić information content (AvgIpc) is 2.68. The van der Waals surface area contributed by atoms with Crippen LogP contribution in [0.2, 0.25) is 0 Å². The summed E-state index contributed by atoms with van der Waals surface area (Å²) >= 11 is 3.31. The lowest BCUT2D eigenvalue weighted by Gasteiger charge is -2.31. The molecule has 1 aliphatic rings. The van der Waals surface area contributed by atoms with Crippen molar-refractivity contribution in [3.8, 4) is 5.75 Å². The van der Waals surface area contributed by atoms with E-state index in [4.69, 9.17) is 4.74 Å². The Hall–Kier alpha value is -1.90. The highest BCUT2D eigenvalue weighted by molar-refractivity contribution is 9.10. The predicted octanol–water partition coefficient (Wildman–Crippen LogP) is 3.50. The molecular weight excluding hydrogens is 432 g/mol. The summed E-state index contributed by atoms with van der Waals surface area (Å²) in [6.07, 6.45) is 1.30. The molecule has 1 fully saturated rings. The number of anilines is 1. The largest absolute Gasteiger partial charge is 0.497 e. The van der Waals surface area contributed by atoms with Gasteiger partial charge in [0, 0.05) is 29.3 Å². The number of amides is 1. The molecule has 1 amide bonds. The molecule has 0 aromatic heterocycles. The summed E-state index contributed by atoms with van der Waals surface area (Å²) in [5, 5.41) is 2.86. The highest BCUT2D eigenvalue weighted by Crippen LogP contribution is 2.26. The van der Waals surface area contributed by atoms with Crippen LogP contribution >= 0.6 is 15.9 Å². The van der Waals surface area contributed by atoms with Crippen molar-refractivity contribution in [2.75, 3.05) is 25.5 Å². The van der Waals surface area contributed by atoms with Gasteiger partial charge in [0.05, 0.1) is 17.9 Å². The van der Waals surface area contributed by atoms with Crippen molar-refractivity contribution in [1.82, 2.24) is 4.31 Å². The molecule has 0 aliphatic carbocycles. The molecule has 0 spiro atoms. The number of piperidine rings is 1. The number of hydrogen-bond donors (Lipinski definition) is 1. The number of hydrogen-bond acceptors (Lipinski definition) is 4. The first kappa shape index (κ1) is 19.9. The quantitative estimate of drug-likeness (QED) is 0.752. The van der Waals surface area contributed by atoms with Crippen LogP contribution in [0.5, 0.6) is 5.75 Å². The Kier molecular flexibility index (Phi) is 6.18. The predicted molar refractivity (Wildman–Crippen MR) is 107 cm³/mol. The number of carbonyl (C=O) groups excluding carboxylic acids is 1. The first-order valence-electron chi connectivity index (χ1n) is 8.61. The molecule has 144 valence electrons. The highest BCUT2D eigenvalue weighted by Gasteiger charge is 2.33. The van der Waals surface area contributed by atoms with E-state index in [9.17, 15) is 13.2 Å². The number of carbonyl (C=O) groups is 1. The fourth-order valence-corrected chi connectivity index (χ4v) is 4.86. The van der Waals surface area contributed by atoms with Crippen molar-refractivity contribution >= 4 is 37.5 Å². The van der Waals surface area contributed by atoms with Gasteiger partial charge in [0.1, 0.15) is 5.75 Å². The number of sulfonamides is 1. The second-order valence-corrected chi connectivity index (χ2v) is 9.23. The number of halogens is 1. The van der Waals surface area contributed by atoms with Gasteiger partial charge in [0.25, 0.3) is 0 Å². The molecule has 0 saturated carbocycles. The molecule has 3 rings (SSSR count). The van der Waals surface area contributed by atoms with Gasteiger partial charge in [-0.2, -0.15) is 4.31 Å². The third kappa shape index (κ3) is 4.69. The molecule has 6 nitrogen and oxygen atoms in total. The van der Waals surface area contributed by atoms with Crippen LogP contribution in [-0.2, 0) is 14.8 Å². The van der Waals surface area contributed by atoms with Crippen molar-refractivity contribution in [2.45, 2.75) is 17.7 Å². The molecule has 0 radical (unpaired) electrons. The van der Waals surface area contributed by atoms with Crippen LogP contribution in [0.25, 0.3) is 0 Å². The number of ether oxygens (including phenoxy) is 1.